The Bertz CT molecular complexity index is 704. The van der Waals surface area contributed by atoms with E-state index in [1.807, 2.05) is 0 Å². The molecule has 3 nitrogen and oxygen atoms in total. The van der Waals surface area contributed by atoms with Gasteiger partial charge in [0.1, 0.15) is 0 Å². The minimum Gasteiger partial charge on any atom is -0.348 e. The highest BCUT2D eigenvalue weighted by Crippen LogP contribution is 2.22. The van der Waals surface area contributed by atoms with E-state index in [1.165, 1.54) is 23.6 Å². The molecule has 2 aromatic carbocycles. The molecule has 0 aliphatic carbocycles. The number of rotatable bonds is 5. The summed E-state index contributed by atoms with van der Waals surface area (Å²) in [7, 11) is 0. The van der Waals surface area contributed by atoms with Crippen LogP contribution in [0.1, 0.15) is 45.2 Å². The standard InChI is InChI=1S/C21H28N2O/c1-15(2)20(23-12-6-7-13-23)21(24)22-16(3)18-11-10-17-8-4-5-9-19(17)14-18/h4-5,8-11,14-16,20H,6-7,12-13H2,1-3H3,(H,22,24)/t16-,20-/m0/s1. The molecular formula is C21H28N2O. The van der Waals surface area contributed by atoms with E-state index in [-0.39, 0.29) is 18.0 Å². The maximum absolute atomic E-state index is 12.9. The van der Waals surface area contributed by atoms with Crippen LogP contribution in [-0.4, -0.2) is 29.9 Å². The van der Waals surface area contributed by atoms with Crippen molar-refractivity contribution in [3.63, 3.8) is 0 Å². The van der Waals surface area contributed by atoms with Gasteiger partial charge >= 0.3 is 0 Å². The number of hydrogen-bond donors (Lipinski definition) is 1. The smallest absolute Gasteiger partial charge is 0.238 e. The molecule has 0 saturated carbocycles. The largest absolute Gasteiger partial charge is 0.348 e. The van der Waals surface area contributed by atoms with Gasteiger partial charge in [-0.05, 0) is 61.2 Å². The molecule has 0 spiro atoms. The van der Waals surface area contributed by atoms with Gasteiger partial charge in [-0.15, -0.1) is 0 Å². The second kappa shape index (κ2) is 7.35. The molecule has 3 rings (SSSR count). The lowest BCUT2D eigenvalue weighted by Crippen LogP contribution is -2.49. The molecule has 0 radical (unpaired) electrons. The molecule has 0 unspecified atom stereocenters. The quantitative estimate of drug-likeness (QED) is 0.896. The van der Waals surface area contributed by atoms with Crippen LogP contribution in [0.25, 0.3) is 10.8 Å². The fourth-order valence-corrected chi connectivity index (χ4v) is 3.77. The molecule has 1 fully saturated rings. The Morgan fingerprint density at radius 1 is 1.00 bits per heavy atom. The fourth-order valence-electron chi connectivity index (χ4n) is 3.77. The van der Waals surface area contributed by atoms with Crippen molar-refractivity contribution in [1.82, 2.24) is 10.2 Å². The van der Waals surface area contributed by atoms with Crippen LogP contribution < -0.4 is 5.32 Å². The first-order valence-corrected chi connectivity index (χ1v) is 9.09. The van der Waals surface area contributed by atoms with Gasteiger partial charge in [0.2, 0.25) is 5.91 Å². The van der Waals surface area contributed by atoms with Crippen LogP contribution in [0.4, 0.5) is 0 Å². The maximum Gasteiger partial charge on any atom is 0.238 e. The zero-order chi connectivity index (χ0) is 17.1. The number of nitrogens with zero attached hydrogens (tertiary/aromatic N) is 1. The maximum atomic E-state index is 12.9. The van der Waals surface area contributed by atoms with Gasteiger partial charge in [-0.25, -0.2) is 0 Å². The van der Waals surface area contributed by atoms with E-state index in [0.717, 1.165) is 18.7 Å². The van der Waals surface area contributed by atoms with Gasteiger partial charge in [0.25, 0.3) is 0 Å². The van der Waals surface area contributed by atoms with Crippen molar-refractivity contribution in [3.05, 3.63) is 48.0 Å². The van der Waals surface area contributed by atoms with Gasteiger partial charge in [-0.1, -0.05) is 50.2 Å². The molecule has 1 amide bonds. The highest BCUT2D eigenvalue weighted by atomic mass is 16.2. The average Bonchev–Trinajstić information content (AvgIpc) is 3.08. The van der Waals surface area contributed by atoms with Crippen molar-refractivity contribution >= 4 is 16.7 Å². The Kier molecular flexibility index (Phi) is 5.20. The monoisotopic (exact) mass is 324 g/mol. The molecule has 2 aromatic rings. The first-order chi connectivity index (χ1) is 11.6. The molecule has 2 atom stereocenters. The summed E-state index contributed by atoms with van der Waals surface area (Å²) in [5.41, 5.74) is 1.16. The lowest BCUT2D eigenvalue weighted by Gasteiger charge is -2.31. The third kappa shape index (κ3) is 3.62. The van der Waals surface area contributed by atoms with Crippen LogP contribution in [-0.2, 0) is 4.79 Å². The first-order valence-electron chi connectivity index (χ1n) is 9.09. The summed E-state index contributed by atoms with van der Waals surface area (Å²) >= 11 is 0. The molecule has 128 valence electrons. The summed E-state index contributed by atoms with van der Waals surface area (Å²) in [6, 6.07) is 14.8. The van der Waals surface area contributed by atoms with Gasteiger partial charge in [0.15, 0.2) is 0 Å². The van der Waals surface area contributed by atoms with Gasteiger partial charge in [0, 0.05) is 0 Å². The molecule has 1 heterocycles. The Balaban J connectivity index is 1.73. The number of likely N-dealkylation sites (tertiary alicyclic amines) is 1. The van der Waals surface area contributed by atoms with Gasteiger partial charge < -0.3 is 5.32 Å². The fraction of sp³-hybridized carbons (Fsp3) is 0.476. The molecule has 3 heteroatoms. The van der Waals surface area contributed by atoms with E-state index < -0.39 is 0 Å². The normalized spacial score (nSPS) is 18.0. The minimum atomic E-state index is -0.0181. The molecular weight excluding hydrogens is 296 g/mol. The average molecular weight is 324 g/mol. The number of nitrogens with one attached hydrogen (secondary N) is 1. The lowest BCUT2D eigenvalue weighted by atomic mass is 9.99. The van der Waals surface area contributed by atoms with Crippen LogP contribution in [0.3, 0.4) is 0 Å². The van der Waals surface area contributed by atoms with Gasteiger partial charge in [-0.2, -0.15) is 0 Å². The summed E-state index contributed by atoms with van der Waals surface area (Å²) in [6.45, 7) is 8.44. The SMILES string of the molecule is CC(C)[C@@H](C(=O)N[C@@H](C)c1ccc2ccccc2c1)N1CCCC1. The van der Waals surface area contributed by atoms with Crippen molar-refractivity contribution in [2.24, 2.45) is 5.92 Å². The van der Waals surface area contributed by atoms with Crippen molar-refractivity contribution in [2.45, 2.75) is 45.7 Å². The Hall–Kier alpha value is -1.87. The number of hydrogen-bond acceptors (Lipinski definition) is 2. The van der Waals surface area contributed by atoms with E-state index in [1.54, 1.807) is 0 Å². The third-order valence-corrected chi connectivity index (χ3v) is 5.07. The Labute approximate surface area is 145 Å². The number of carbonyl (C=O) groups excluding carboxylic acids is 1. The number of amides is 1. The summed E-state index contributed by atoms with van der Waals surface area (Å²) < 4.78 is 0. The van der Waals surface area contributed by atoms with Crippen molar-refractivity contribution in [2.75, 3.05) is 13.1 Å². The summed E-state index contributed by atoms with van der Waals surface area (Å²) in [6.07, 6.45) is 2.41. The molecule has 0 bridgehead atoms. The highest BCUT2D eigenvalue weighted by molar-refractivity contribution is 5.84. The third-order valence-electron chi connectivity index (χ3n) is 5.07. The minimum absolute atomic E-state index is 0.0181. The van der Waals surface area contributed by atoms with Crippen LogP contribution in [0.15, 0.2) is 42.5 Å². The second-order valence-electron chi connectivity index (χ2n) is 7.27. The summed E-state index contributed by atoms with van der Waals surface area (Å²) in [5, 5.41) is 5.69. The Morgan fingerprint density at radius 3 is 2.33 bits per heavy atom. The number of benzene rings is 2. The molecule has 1 saturated heterocycles. The van der Waals surface area contributed by atoms with Crippen LogP contribution in [0, 0.1) is 5.92 Å². The highest BCUT2D eigenvalue weighted by Gasteiger charge is 2.31. The summed E-state index contributed by atoms with van der Waals surface area (Å²) in [4.78, 5) is 15.2. The van der Waals surface area contributed by atoms with E-state index in [0.29, 0.717) is 5.92 Å². The number of fused-ring (bicyclic) bond motifs is 1. The predicted octanol–water partition coefficient (Wildman–Crippen LogP) is 4.14. The Morgan fingerprint density at radius 2 is 1.67 bits per heavy atom. The van der Waals surface area contributed by atoms with E-state index in [2.05, 4.69) is 73.5 Å². The molecule has 0 aromatic heterocycles. The number of carbonyl (C=O) groups is 1. The van der Waals surface area contributed by atoms with Crippen LogP contribution in [0.2, 0.25) is 0 Å². The predicted molar refractivity (Wildman–Crippen MR) is 99.9 cm³/mol. The van der Waals surface area contributed by atoms with Gasteiger partial charge in [0.05, 0.1) is 12.1 Å². The second-order valence-corrected chi connectivity index (χ2v) is 7.27. The van der Waals surface area contributed by atoms with E-state index >= 15 is 0 Å². The van der Waals surface area contributed by atoms with E-state index in [9.17, 15) is 4.79 Å². The van der Waals surface area contributed by atoms with Gasteiger partial charge in [-0.3, -0.25) is 9.69 Å². The lowest BCUT2D eigenvalue weighted by molar-refractivity contribution is -0.128. The topological polar surface area (TPSA) is 32.3 Å². The van der Waals surface area contributed by atoms with Crippen molar-refractivity contribution < 1.29 is 4.79 Å². The van der Waals surface area contributed by atoms with Crippen LogP contribution in [0.5, 0.6) is 0 Å². The van der Waals surface area contributed by atoms with Crippen molar-refractivity contribution in [3.8, 4) is 0 Å². The van der Waals surface area contributed by atoms with E-state index in [4.69, 9.17) is 0 Å². The first kappa shape index (κ1) is 17.0. The zero-order valence-corrected chi connectivity index (χ0v) is 15.0. The van der Waals surface area contributed by atoms with Crippen LogP contribution >= 0.6 is 0 Å². The summed E-state index contributed by atoms with van der Waals surface area (Å²) in [5.74, 6) is 0.486. The molecule has 1 aliphatic rings. The van der Waals surface area contributed by atoms with Crippen molar-refractivity contribution in [1.29, 1.82) is 0 Å². The molecule has 24 heavy (non-hydrogen) atoms. The molecule has 1 N–H and O–H groups in total. The molecule has 1 aliphatic heterocycles. The zero-order valence-electron chi connectivity index (χ0n) is 15.0.